The van der Waals surface area contributed by atoms with Crippen LogP contribution < -0.4 is 5.43 Å². The number of nitrogens with one attached hydrogen (secondary N) is 1. The summed E-state index contributed by atoms with van der Waals surface area (Å²) in [4.78, 5) is 4.91. The smallest absolute Gasteiger partial charge is 0.0930 e. The summed E-state index contributed by atoms with van der Waals surface area (Å²) in [5.74, 6) is 0. The van der Waals surface area contributed by atoms with Crippen LogP contribution in [0.2, 0.25) is 0 Å². The molecule has 0 saturated heterocycles. The molecule has 0 bridgehead atoms. The van der Waals surface area contributed by atoms with E-state index in [2.05, 4.69) is 15.5 Å². The van der Waals surface area contributed by atoms with Gasteiger partial charge in [0.25, 0.3) is 0 Å². The third kappa shape index (κ3) is 2.41. The molecule has 4 heteroatoms. The van der Waals surface area contributed by atoms with Gasteiger partial charge >= 0.3 is 0 Å². The molecular weight excluding hydrogens is 218 g/mol. The third-order valence-electron chi connectivity index (χ3n) is 2.11. The lowest BCUT2D eigenvalue weighted by molar-refractivity contribution is 1.05. The van der Waals surface area contributed by atoms with Crippen LogP contribution in [-0.2, 0) is 0 Å². The molecule has 0 aliphatic carbocycles. The van der Waals surface area contributed by atoms with Crippen molar-refractivity contribution < 1.29 is 0 Å². The third-order valence-corrected chi connectivity index (χ3v) is 2.20. The zero-order valence-corrected chi connectivity index (χ0v) is 9.66. The monoisotopic (exact) mass is 229 g/mol. The second-order valence-electron chi connectivity index (χ2n) is 3.34. The molecule has 2 aromatic rings. The Bertz CT molecular complexity index is 543. The van der Waals surface area contributed by atoms with Crippen LogP contribution in [0.5, 0.6) is 0 Å². The highest BCUT2D eigenvalue weighted by molar-refractivity contribution is 7.80. The number of aromatic nitrogens is 1. The lowest BCUT2D eigenvalue weighted by Gasteiger charge is -2.00. The zero-order valence-electron chi connectivity index (χ0n) is 8.84. The normalized spacial score (nSPS) is 10.8. The Kier molecular flexibility index (Phi) is 3.22. The maximum Gasteiger partial charge on any atom is 0.0930 e. The molecular formula is C12H11N3S. The van der Waals surface area contributed by atoms with Gasteiger partial charge in [-0.1, -0.05) is 36.5 Å². The van der Waals surface area contributed by atoms with Crippen molar-refractivity contribution in [1.82, 2.24) is 10.4 Å². The highest BCUT2D eigenvalue weighted by Crippen LogP contribution is 2.14. The molecule has 1 aromatic heterocycles. The van der Waals surface area contributed by atoms with Gasteiger partial charge in [0.2, 0.25) is 0 Å². The Morgan fingerprint density at radius 1 is 1.38 bits per heavy atom. The molecule has 16 heavy (non-hydrogen) atoms. The van der Waals surface area contributed by atoms with Gasteiger partial charge in [-0.2, -0.15) is 5.10 Å². The van der Waals surface area contributed by atoms with E-state index in [1.807, 2.05) is 30.3 Å². The largest absolute Gasteiger partial charge is 0.272 e. The Morgan fingerprint density at radius 2 is 2.19 bits per heavy atom. The summed E-state index contributed by atoms with van der Waals surface area (Å²) >= 11 is 4.86. The van der Waals surface area contributed by atoms with Gasteiger partial charge in [0.05, 0.1) is 16.9 Å². The second-order valence-corrected chi connectivity index (χ2v) is 3.96. The van der Waals surface area contributed by atoms with Gasteiger partial charge < -0.3 is 0 Å². The van der Waals surface area contributed by atoms with E-state index in [-0.39, 0.29) is 0 Å². The summed E-state index contributed by atoms with van der Waals surface area (Å²) in [7, 11) is 0. The van der Waals surface area contributed by atoms with Crippen molar-refractivity contribution in [3.8, 4) is 0 Å². The standard InChI is InChI=1S/C12H11N3S/c1-9(16)15-14-8-12-11-5-3-2-4-10(11)6-7-13-12/h2-8H,1H3,(H,15,16)/b14-8+. The van der Waals surface area contributed by atoms with Crippen LogP contribution >= 0.6 is 12.2 Å². The molecule has 0 aliphatic rings. The number of hydrogen-bond donors (Lipinski definition) is 1. The van der Waals surface area contributed by atoms with Gasteiger partial charge in [-0.25, -0.2) is 0 Å². The Labute approximate surface area is 99.2 Å². The highest BCUT2D eigenvalue weighted by Gasteiger charge is 1.97. The van der Waals surface area contributed by atoms with Crippen LogP contribution in [0.1, 0.15) is 12.6 Å². The first-order chi connectivity index (χ1) is 7.77. The Morgan fingerprint density at radius 3 is 3.00 bits per heavy atom. The lowest BCUT2D eigenvalue weighted by Crippen LogP contribution is -2.10. The van der Waals surface area contributed by atoms with E-state index in [1.54, 1.807) is 19.3 Å². The zero-order chi connectivity index (χ0) is 11.4. The first kappa shape index (κ1) is 10.7. The Hall–Kier alpha value is -1.81. The van der Waals surface area contributed by atoms with Crippen LogP contribution in [0.25, 0.3) is 10.8 Å². The molecule has 0 aliphatic heterocycles. The fraction of sp³-hybridized carbons (Fsp3) is 0.0833. The Balaban J connectivity index is 2.37. The SMILES string of the molecule is CC(=S)N/N=C/c1nccc2ccccc12. The van der Waals surface area contributed by atoms with E-state index in [0.29, 0.717) is 4.99 Å². The molecule has 0 saturated carbocycles. The summed E-state index contributed by atoms with van der Waals surface area (Å²) in [6, 6.07) is 10.0. The molecule has 0 spiro atoms. The van der Waals surface area contributed by atoms with Crippen molar-refractivity contribution in [2.45, 2.75) is 6.92 Å². The average Bonchev–Trinajstić information content (AvgIpc) is 2.29. The van der Waals surface area contributed by atoms with Crippen LogP contribution in [0.3, 0.4) is 0 Å². The van der Waals surface area contributed by atoms with Gasteiger partial charge in [0.1, 0.15) is 0 Å². The number of hydrogen-bond acceptors (Lipinski definition) is 3. The van der Waals surface area contributed by atoms with Crippen molar-refractivity contribution >= 4 is 34.2 Å². The number of hydrazone groups is 1. The quantitative estimate of drug-likeness (QED) is 0.488. The summed E-state index contributed by atoms with van der Waals surface area (Å²) in [6.07, 6.45) is 3.45. The van der Waals surface area contributed by atoms with Crippen LogP contribution in [0, 0.1) is 0 Å². The number of pyridine rings is 1. The van der Waals surface area contributed by atoms with Gasteiger partial charge in [0, 0.05) is 11.6 Å². The summed E-state index contributed by atoms with van der Waals surface area (Å²) in [5, 5.41) is 6.24. The fourth-order valence-corrected chi connectivity index (χ4v) is 1.48. The summed E-state index contributed by atoms with van der Waals surface area (Å²) in [6.45, 7) is 1.78. The van der Waals surface area contributed by atoms with Crippen LogP contribution in [0.15, 0.2) is 41.6 Å². The first-order valence-corrected chi connectivity index (χ1v) is 5.31. The molecule has 0 radical (unpaired) electrons. The predicted molar refractivity (Wildman–Crippen MR) is 70.7 cm³/mol. The van der Waals surface area contributed by atoms with E-state index in [4.69, 9.17) is 12.2 Å². The number of thiocarbonyl (C=S) groups is 1. The topological polar surface area (TPSA) is 37.3 Å². The van der Waals surface area contributed by atoms with Gasteiger partial charge in [-0.05, 0) is 18.4 Å². The minimum Gasteiger partial charge on any atom is -0.272 e. The molecule has 0 unspecified atom stereocenters. The van der Waals surface area contributed by atoms with Crippen LogP contribution in [-0.4, -0.2) is 16.2 Å². The van der Waals surface area contributed by atoms with Crippen molar-refractivity contribution in [3.63, 3.8) is 0 Å². The minimum atomic E-state index is 0.636. The summed E-state index contributed by atoms with van der Waals surface area (Å²) in [5.41, 5.74) is 3.55. The van der Waals surface area contributed by atoms with E-state index >= 15 is 0 Å². The second kappa shape index (κ2) is 4.81. The number of nitrogens with zero attached hydrogens (tertiary/aromatic N) is 2. The minimum absolute atomic E-state index is 0.636. The van der Waals surface area contributed by atoms with Gasteiger partial charge in [-0.3, -0.25) is 10.4 Å². The maximum atomic E-state index is 4.86. The molecule has 0 fully saturated rings. The van der Waals surface area contributed by atoms with Crippen molar-refractivity contribution in [3.05, 3.63) is 42.2 Å². The lowest BCUT2D eigenvalue weighted by atomic mass is 10.1. The highest BCUT2D eigenvalue weighted by atomic mass is 32.1. The summed E-state index contributed by atoms with van der Waals surface area (Å²) < 4.78 is 0. The fourth-order valence-electron chi connectivity index (χ4n) is 1.43. The average molecular weight is 229 g/mol. The predicted octanol–water partition coefficient (Wildman–Crippen LogP) is 2.51. The molecule has 80 valence electrons. The molecule has 1 aromatic carbocycles. The molecule has 0 atom stereocenters. The van der Waals surface area contributed by atoms with E-state index in [9.17, 15) is 0 Å². The van der Waals surface area contributed by atoms with Gasteiger partial charge in [-0.15, -0.1) is 0 Å². The van der Waals surface area contributed by atoms with E-state index < -0.39 is 0 Å². The van der Waals surface area contributed by atoms with E-state index in [1.165, 1.54) is 0 Å². The van der Waals surface area contributed by atoms with E-state index in [0.717, 1.165) is 16.5 Å². The molecule has 3 nitrogen and oxygen atoms in total. The number of fused-ring (bicyclic) bond motifs is 1. The molecule has 1 N–H and O–H groups in total. The van der Waals surface area contributed by atoms with Crippen molar-refractivity contribution in [2.75, 3.05) is 0 Å². The van der Waals surface area contributed by atoms with Crippen LogP contribution in [0.4, 0.5) is 0 Å². The molecule has 1 heterocycles. The van der Waals surface area contributed by atoms with Gasteiger partial charge in [0.15, 0.2) is 0 Å². The van der Waals surface area contributed by atoms with Crippen molar-refractivity contribution in [1.29, 1.82) is 0 Å². The van der Waals surface area contributed by atoms with Crippen molar-refractivity contribution in [2.24, 2.45) is 5.10 Å². The number of rotatable bonds is 2. The molecule has 0 amide bonds. The maximum absolute atomic E-state index is 4.86. The first-order valence-electron chi connectivity index (χ1n) is 4.91. The molecule has 2 rings (SSSR count). The number of benzene rings is 1.